The number of fused-ring (bicyclic) bond motifs is 1. The van der Waals surface area contributed by atoms with Gasteiger partial charge in [0.1, 0.15) is 6.61 Å². The van der Waals surface area contributed by atoms with Crippen LogP contribution in [-0.2, 0) is 12.8 Å². The number of aromatic nitrogens is 2. The van der Waals surface area contributed by atoms with E-state index >= 15 is 0 Å². The van der Waals surface area contributed by atoms with Crippen LogP contribution in [0.2, 0.25) is 10.0 Å². The van der Waals surface area contributed by atoms with Crippen molar-refractivity contribution < 1.29 is 22.6 Å². The van der Waals surface area contributed by atoms with Gasteiger partial charge in [-0.2, -0.15) is 22.9 Å². The molecule has 0 fully saturated rings. The standard InChI is InChI=1S/C30H19BrCl2F3N3O3/c1-41-26-13-18(11-22(31)27(26)42-16-17-9-10-23(32)24(33)12-17)15-37-39-28(19-5-4-6-20(14-19)30(34,35)36)38-25-8-3-2-7-21(25)29(39)40/h2-15H,16H2,1H3. The number of hydrogen-bond donors (Lipinski definition) is 0. The molecular formula is C30H19BrCl2F3N3O3. The Hall–Kier alpha value is -3.86. The van der Waals surface area contributed by atoms with E-state index in [1.54, 1.807) is 54.6 Å². The van der Waals surface area contributed by atoms with Gasteiger partial charge in [-0.3, -0.25) is 4.79 Å². The Balaban J connectivity index is 1.54. The van der Waals surface area contributed by atoms with Gasteiger partial charge < -0.3 is 9.47 Å². The first kappa shape index (κ1) is 29.6. The zero-order valence-corrected chi connectivity index (χ0v) is 24.7. The first-order valence-electron chi connectivity index (χ1n) is 12.2. The molecule has 0 atom stereocenters. The summed E-state index contributed by atoms with van der Waals surface area (Å²) in [5.74, 6) is 0.733. The SMILES string of the molecule is COc1cc(C=Nn2c(-c3cccc(C(F)(F)F)c3)nc3ccccc3c2=O)cc(Br)c1OCc1ccc(Cl)c(Cl)c1. The Bertz CT molecular complexity index is 1890. The zero-order chi connectivity index (χ0) is 30.0. The molecule has 214 valence electrons. The van der Waals surface area contributed by atoms with E-state index in [4.69, 9.17) is 32.7 Å². The fourth-order valence-corrected chi connectivity index (χ4v) is 5.01. The minimum Gasteiger partial charge on any atom is -0.493 e. The maximum Gasteiger partial charge on any atom is 0.416 e. The van der Waals surface area contributed by atoms with Crippen LogP contribution in [0.4, 0.5) is 13.2 Å². The summed E-state index contributed by atoms with van der Waals surface area (Å²) in [6.45, 7) is 0.178. The molecule has 5 aromatic rings. The lowest BCUT2D eigenvalue weighted by Crippen LogP contribution is -2.20. The van der Waals surface area contributed by atoms with Crippen LogP contribution in [0.5, 0.6) is 11.5 Å². The number of nitrogens with zero attached hydrogens (tertiary/aromatic N) is 3. The molecule has 1 aromatic heterocycles. The lowest BCUT2D eigenvalue weighted by molar-refractivity contribution is -0.137. The van der Waals surface area contributed by atoms with Gasteiger partial charge in [-0.1, -0.05) is 53.5 Å². The molecule has 0 amide bonds. The molecule has 0 unspecified atom stereocenters. The average molecular weight is 677 g/mol. The van der Waals surface area contributed by atoms with E-state index in [2.05, 4.69) is 26.0 Å². The molecule has 0 N–H and O–H groups in total. The Morgan fingerprint density at radius 2 is 1.79 bits per heavy atom. The molecule has 0 spiro atoms. The van der Waals surface area contributed by atoms with Crippen molar-refractivity contribution in [2.24, 2.45) is 5.10 Å². The largest absolute Gasteiger partial charge is 0.493 e. The maximum absolute atomic E-state index is 13.5. The summed E-state index contributed by atoms with van der Waals surface area (Å²) in [4.78, 5) is 17.9. The zero-order valence-electron chi connectivity index (χ0n) is 21.6. The highest BCUT2D eigenvalue weighted by Gasteiger charge is 2.31. The van der Waals surface area contributed by atoms with Gasteiger partial charge in [0.05, 0.1) is 44.3 Å². The summed E-state index contributed by atoms with van der Waals surface area (Å²) in [7, 11) is 1.47. The Kier molecular flexibility index (Phi) is 8.58. The normalized spacial score (nSPS) is 11.8. The summed E-state index contributed by atoms with van der Waals surface area (Å²) in [5, 5.41) is 5.43. The summed E-state index contributed by atoms with van der Waals surface area (Å²) in [6.07, 6.45) is -3.20. The van der Waals surface area contributed by atoms with Crippen LogP contribution in [0.1, 0.15) is 16.7 Å². The number of ether oxygens (including phenoxy) is 2. The summed E-state index contributed by atoms with van der Waals surface area (Å²) in [6, 6.07) is 19.6. The minimum absolute atomic E-state index is 0.0475. The van der Waals surface area contributed by atoms with Crippen LogP contribution in [0.25, 0.3) is 22.3 Å². The van der Waals surface area contributed by atoms with E-state index < -0.39 is 17.3 Å². The monoisotopic (exact) mass is 675 g/mol. The van der Waals surface area contributed by atoms with Gasteiger partial charge in [-0.25, -0.2) is 4.98 Å². The third kappa shape index (κ3) is 6.30. The molecule has 0 aliphatic rings. The van der Waals surface area contributed by atoms with Crippen LogP contribution >= 0.6 is 39.1 Å². The van der Waals surface area contributed by atoms with Crippen LogP contribution in [-0.4, -0.2) is 23.0 Å². The quantitative estimate of drug-likeness (QED) is 0.162. The van der Waals surface area contributed by atoms with Gasteiger partial charge in [-0.15, -0.1) is 0 Å². The predicted molar refractivity (Wildman–Crippen MR) is 161 cm³/mol. The van der Waals surface area contributed by atoms with E-state index in [0.29, 0.717) is 37.1 Å². The van der Waals surface area contributed by atoms with Crippen LogP contribution in [0.3, 0.4) is 0 Å². The first-order valence-corrected chi connectivity index (χ1v) is 13.8. The van der Waals surface area contributed by atoms with Crippen molar-refractivity contribution in [3.05, 3.63) is 120 Å². The number of halogens is 6. The fourth-order valence-electron chi connectivity index (χ4n) is 4.12. The van der Waals surface area contributed by atoms with Crippen LogP contribution in [0.15, 0.2) is 93.2 Å². The van der Waals surface area contributed by atoms with Crippen molar-refractivity contribution in [3.63, 3.8) is 0 Å². The van der Waals surface area contributed by atoms with E-state index in [9.17, 15) is 18.0 Å². The van der Waals surface area contributed by atoms with Crippen molar-refractivity contribution in [1.82, 2.24) is 9.66 Å². The smallest absolute Gasteiger partial charge is 0.416 e. The molecule has 0 bridgehead atoms. The van der Waals surface area contributed by atoms with Crippen molar-refractivity contribution >= 4 is 56.2 Å². The second-order valence-corrected chi connectivity index (χ2v) is 10.6. The molecule has 12 heteroatoms. The van der Waals surface area contributed by atoms with Crippen LogP contribution in [0, 0.1) is 0 Å². The van der Waals surface area contributed by atoms with Crippen molar-refractivity contribution in [2.45, 2.75) is 12.8 Å². The average Bonchev–Trinajstić information content (AvgIpc) is 2.97. The Morgan fingerprint density at radius 3 is 2.52 bits per heavy atom. The molecule has 0 saturated carbocycles. The summed E-state index contributed by atoms with van der Waals surface area (Å²) < 4.78 is 53.4. The summed E-state index contributed by atoms with van der Waals surface area (Å²) >= 11 is 15.6. The van der Waals surface area contributed by atoms with Gasteiger partial charge in [0.15, 0.2) is 17.3 Å². The van der Waals surface area contributed by atoms with E-state index in [1.165, 1.54) is 25.5 Å². The number of methoxy groups -OCH3 is 1. The number of alkyl halides is 3. The molecule has 0 radical (unpaired) electrons. The molecule has 5 rings (SSSR count). The molecule has 0 aliphatic heterocycles. The second kappa shape index (κ2) is 12.2. The topological polar surface area (TPSA) is 65.7 Å². The van der Waals surface area contributed by atoms with Gasteiger partial charge in [0.25, 0.3) is 5.56 Å². The molecule has 0 saturated heterocycles. The van der Waals surface area contributed by atoms with Crippen molar-refractivity contribution in [3.8, 4) is 22.9 Å². The molecule has 4 aromatic carbocycles. The Labute approximate surface area is 256 Å². The number of rotatable bonds is 7. The highest BCUT2D eigenvalue weighted by molar-refractivity contribution is 9.10. The second-order valence-electron chi connectivity index (χ2n) is 8.96. The van der Waals surface area contributed by atoms with E-state index in [0.717, 1.165) is 22.4 Å². The molecule has 1 heterocycles. The maximum atomic E-state index is 13.5. The number of benzene rings is 4. The highest BCUT2D eigenvalue weighted by Crippen LogP contribution is 2.37. The van der Waals surface area contributed by atoms with Gasteiger partial charge >= 0.3 is 6.18 Å². The highest BCUT2D eigenvalue weighted by atomic mass is 79.9. The van der Waals surface area contributed by atoms with Gasteiger partial charge in [0.2, 0.25) is 0 Å². The van der Waals surface area contributed by atoms with Crippen LogP contribution < -0.4 is 15.0 Å². The molecule has 6 nitrogen and oxygen atoms in total. The third-order valence-corrected chi connectivity index (χ3v) is 7.47. The van der Waals surface area contributed by atoms with Crippen molar-refractivity contribution in [2.75, 3.05) is 7.11 Å². The summed E-state index contributed by atoms with van der Waals surface area (Å²) in [5.41, 5.74) is 0.286. The third-order valence-electron chi connectivity index (χ3n) is 6.14. The predicted octanol–water partition coefficient (Wildman–Crippen LogP) is 8.62. The van der Waals surface area contributed by atoms with E-state index in [-0.39, 0.29) is 23.4 Å². The lowest BCUT2D eigenvalue weighted by Gasteiger charge is -2.14. The van der Waals surface area contributed by atoms with Gasteiger partial charge in [0, 0.05) is 5.56 Å². The number of para-hydroxylation sites is 1. The molecule has 42 heavy (non-hydrogen) atoms. The Morgan fingerprint density at radius 1 is 1.00 bits per heavy atom. The van der Waals surface area contributed by atoms with Crippen molar-refractivity contribution in [1.29, 1.82) is 0 Å². The first-order chi connectivity index (χ1) is 20.0. The number of hydrogen-bond acceptors (Lipinski definition) is 5. The molecular weight excluding hydrogens is 658 g/mol. The minimum atomic E-state index is -4.58. The van der Waals surface area contributed by atoms with E-state index in [1.807, 2.05) is 0 Å². The van der Waals surface area contributed by atoms with Gasteiger partial charge in [-0.05, 0) is 75.6 Å². The lowest BCUT2D eigenvalue weighted by atomic mass is 10.1. The fraction of sp³-hybridized carbons (Fsp3) is 0.100. The molecule has 0 aliphatic carbocycles.